The Labute approximate surface area is 62.1 Å². The largest absolute Gasteiger partial charge is 0.294 e. The maximum absolute atomic E-state index is 10.7. The van der Waals surface area contributed by atoms with Crippen LogP contribution in [0.1, 0.15) is 13.8 Å². The van der Waals surface area contributed by atoms with Gasteiger partial charge in [-0.3, -0.25) is 4.79 Å². The Kier molecular flexibility index (Phi) is 2.35. The van der Waals surface area contributed by atoms with E-state index in [4.69, 9.17) is 0 Å². The van der Waals surface area contributed by atoms with Crippen LogP contribution in [-0.2, 0) is 4.79 Å². The number of rotatable bonds is 1. The first kappa shape index (κ1) is 7.35. The molecule has 0 aromatic rings. The monoisotopic (exact) mass is 162 g/mol. The van der Waals surface area contributed by atoms with Gasteiger partial charge in [-0.25, -0.2) is 0 Å². The fraction of sp³-hybridized carbons (Fsp3) is 0.667. The van der Waals surface area contributed by atoms with E-state index in [2.05, 4.69) is 0 Å². The molecule has 0 atom stereocenters. The van der Waals surface area contributed by atoms with E-state index in [1.165, 1.54) is 10.2 Å². The summed E-state index contributed by atoms with van der Waals surface area (Å²) in [6.45, 7) is 3.62. The SMILES string of the molecule is CC(=O)C(C)=S1CSC1. The predicted octanol–water partition coefficient (Wildman–Crippen LogP) is 1.70. The van der Waals surface area contributed by atoms with Crippen LogP contribution in [0.2, 0.25) is 0 Å². The highest BCUT2D eigenvalue weighted by Gasteiger charge is 2.12. The molecule has 0 unspecified atom stereocenters. The first-order chi connectivity index (χ1) is 4.22. The third-order valence-electron chi connectivity index (χ3n) is 1.38. The van der Waals surface area contributed by atoms with E-state index >= 15 is 0 Å². The molecule has 1 heterocycles. The first-order valence-corrected chi connectivity index (χ1v) is 5.53. The molecule has 1 nitrogen and oxygen atoms in total. The normalized spacial score (nSPS) is 18.9. The molecule has 0 spiro atoms. The van der Waals surface area contributed by atoms with Gasteiger partial charge in [0.15, 0.2) is 5.78 Å². The molecule has 1 aliphatic rings. The van der Waals surface area contributed by atoms with Gasteiger partial charge in [0.05, 0.1) is 0 Å². The minimum absolute atomic E-state index is 0.277. The van der Waals surface area contributed by atoms with Crippen molar-refractivity contribution in [1.29, 1.82) is 0 Å². The van der Waals surface area contributed by atoms with Gasteiger partial charge in [0.25, 0.3) is 0 Å². The fourth-order valence-electron chi connectivity index (χ4n) is 0.547. The van der Waals surface area contributed by atoms with Crippen molar-refractivity contribution in [2.24, 2.45) is 0 Å². The van der Waals surface area contributed by atoms with Crippen molar-refractivity contribution in [3.05, 3.63) is 0 Å². The molecule has 0 saturated carbocycles. The number of carbonyl (C=O) groups excluding carboxylic acids is 1. The molecular weight excluding hydrogens is 152 g/mol. The fourth-order valence-corrected chi connectivity index (χ4v) is 3.70. The summed E-state index contributed by atoms with van der Waals surface area (Å²) in [6, 6.07) is 0. The molecule has 52 valence electrons. The van der Waals surface area contributed by atoms with Crippen LogP contribution in [0.15, 0.2) is 0 Å². The van der Waals surface area contributed by atoms with Crippen LogP contribution in [0, 0.1) is 0 Å². The Morgan fingerprint density at radius 3 is 2.11 bits per heavy atom. The molecule has 1 saturated heterocycles. The standard InChI is InChI=1S/C6H10OS2/c1-5(7)6(2)9-3-8-4-9/h3-4H2,1-2H3. The summed E-state index contributed by atoms with van der Waals surface area (Å²) in [6.07, 6.45) is 0. The third-order valence-corrected chi connectivity index (χ3v) is 6.14. The smallest absolute Gasteiger partial charge is 0.161 e. The number of carbonyl (C=O) groups is 1. The van der Waals surface area contributed by atoms with Gasteiger partial charge in [0, 0.05) is 15.0 Å². The molecule has 0 radical (unpaired) electrons. The van der Waals surface area contributed by atoms with Gasteiger partial charge >= 0.3 is 0 Å². The summed E-state index contributed by atoms with van der Waals surface area (Å²) >= 11 is 1.93. The van der Waals surface area contributed by atoms with E-state index in [9.17, 15) is 4.79 Å². The molecular formula is C6H10OS2. The Morgan fingerprint density at radius 1 is 1.44 bits per heavy atom. The quantitative estimate of drug-likeness (QED) is 0.546. The van der Waals surface area contributed by atoms with Crippen molar-refractivity contribution in [1.82, 2.24) is 0 Å². The molecule has 0 aliphatic carbocycles. The van der Waals surface area contributed by atoms with Crippen molar-refractivity contribution < 1.29 is 4.79 Å². The number of thioether (sulfide) groups is 1. The van der Waals surface area contributed by atoms with E-state index in [-0.39, 0.29) is 5.78 Å². The second kappa shape index (κ2) is 2.88. The predicted molar refractivity (Wildman–Crippen MR) is 46.3 cm³/mol. The lowest BCUT2D eigenvalue weighted by Crippen LogP contribution is -2.10. The number of hydrogen-bond acceptors (Lipinski definition) is 2. The topological polar surface area (TPSA) is 17.1 Å². The van der Waals surface area contributed by atoms with Crippen LogP contribution < -0.4 is 0 Å². The molecule has 0 aromatic heterocycles. The molecule has 0 N–H and O–H groups in total. The van der Waals surface area contributed by atoms with E-state index in [0.29, 0.717) is 10.5 Å². The molecule has 9 heavy (non-hydrogen) atoms. The van der Waals surface area contributed by atoms with Gasteiger partial charge in [0.1, 0.15) is 0 Å². The summed E-state index contributed by atoms with van der Waals surface area (Å²) in [5, 5.41) is 2.37. The number of Topliss-reactive ketones (excluding diaryl/α,β-unsaturated/α-hetero) is 1. The maximum atomic E-state index is 10.7. The van der Waals surface area contributed by atoms with Crippen LogP contribution in [0.3, 0.4) is 0 Å². The highest BCUT2D eigenvalue weighted by atomic mass is 32.3. The van der Waals surface area contributed by atoms with E-state index < -0.39 is 0 Å². The van der Waals surface area contributed by atoms with Crippen molar-refractivity contribution in [3.8, 4) is 0 Å². The molecule has 3 heteroatoms. The van der Waals surface area contributed by atoms with Crippen molar-refractivity contribution in [3.63, 3.8) is 0 Å². The number of hydrogen-bond donors (Lipinski definition) is 0. The van der Waals surface area contributed by atoms with Crippen LogP contribution >= 0.6 is 22.2 Å². The maximum Gasteiger partial charge on any atom is 0.161 e. The average Bonchev–Trinajstić information content (AvgIpc) is 1.60. The summed E-state index contributed by atoms with van der Waals surface area (Å²) in [5.41, 5.74) is 0. The van der Waals surface area contributed by atoms with E-state index in [0.717, 1.165) is 4.86 Å². The second-order valence-corrected chi connectivity index (χ2v) is 5.94. The minimum Gasteiger partial charge on any atom is -0.294 e. The molecule has 1 rings (SSSR count). The van der Waals surface area contributed by atoms with Crippen molar-refractivity contribution >= 4 is 32.9 Å². The Morgan fingerprint density at radius 2 is 2.00 bits per heavy atom. The first-order valence-electron chi connectivity index (χ1n) is 2.81. The van der Waals surface area contributed by atoms with Gasteiger partial charge < -0.3 is 0 Å². The van der Waals surface area contributed by atoms with Crippen molar-refractivity contribution in [2.75, 3.05) is 10.2 Å². The average molecular weight is 162 g/mol. The summed E-state index contributed by atoms with van der Waals surface area (Å²) < 4.78 is 0. The molecule has 0 bridgehead atoms. The lowest BCUT2D eigenvalue weighted by atomic mass is 10.4. The Hall–Kier alpha value is 0.240. The van der Waals surface area contributed by atoms with Gasteiger partial charge in [-0.2, -0.15) is 10.5 Å². The van der Waals surface area contributed by atoms with Crippen LogP contribution in [0.25, 0.3) is 0 Å². The number of ketones is 1. The van der Waals surface area contributed by atoms with Gasteiger partial charge in [0.2, 0.25) is 0 Å². The lowest BCUT2D eigenvalue weighted by Gasteiger charge is -2.19. The summed E-state index contributed by atoms with van der Waals surface area (Å²) in [7, 11) is 0.359. The Bertz CT molecular complexity index is 166. The minimum atomic E-state index is 0.277. The highest BCUT2D eigenvalue weighted by Crippen LogP contribution is 2.37. The zero-order chi connectivity index (χ0) is 6.85. The third kappa shape index (κ3) is 1.58. The van der Waals surface area contributed by atoms with Crippen molar-refractivity contribution in [2.45, 2.75) is 13.8 Å². The summed E-state index contributed by atoms with van der Waals surface area (Å²) in [5.74, 6) is 0.277. The highest BCUT2D eigenvalue weighted by molar-refractivity contribution is 8.40. The van der Waals surface area contributed by atoms with E-state index in [1.54, 1.807) is 6.92 Å². The lowest BCUT2D eigenvalue weighted by molar-refractivity contribution is -0.110. The van der Waals surface area contributed by atoms with Crippen LogP contribution in [0.4, 0.5) is 0 Å². The Balaban J connectivity index is 2.67. The molecule has 0 amide bonds. The van der Waals surface area contributed by atoms with E-state index in [1.807, 2.05) is 18.7 Å². The van der Waals surface area contributed by atoms with Gasteiger partial charge in [-0.05, 0) is 13.8 Å². The van der Waals surface area contributed by atoms with Crippen LogP contribution in [0.5, 0.6) is 0 Å². The zero-order valence-electron chi connectivity index (χ0n) is 5.64. The molecule has 0 aromatic carbocycles. The molecule has 1 fully saturated rings. The zero-order valence-corrected chi connectivity index (χ0v) is 7.27. The van der Waals surface area contributed by atoms with Crippen LogP contribution in [-0.4, -0.2) is 20.8 Å². The molecule has 1 aliphatic heterocycles. The van der Waals surface area contributed by atoms with Gasteiger partial charge in [-0.15, -0.1) is 11.8 Å². The second-order valence-electron chi connectivity index (χ2n) is 2.04. The van der Waals surface area contributed by atoms with Gasteiger partial charge in [-0.1, -0.05) is 0 Å². The summed E-state index contributed by atoms with van der Waals surface area (Å²) in [4.78, 5) is 11.8.